The van der Waals surface area contributed by atoms with Crippen molar-refractivity contribution in [3.05, 3.63) is 78.4 Å². The molecule has 7 nitrogen and oxygen atoms in total. The Kier molecular flexibility index (Phi) is 6.13. The van der Waals surface area contributed by atoms with E-state index >= 15 is 0 Å². The average Bonchev–Trinajstić information content (AvgIpc) is 2.79. The number of hydrogen-bond acceptors (Lipinski definition) is 5. The molecule has 0 radical (unpaired) electrons. The molecule has 0 aliphatic carbocycles. The van der Waals surface area contributed by atoms with Crippen molar-refractivity contribution < 1.29 is 35.9 Å². The number of anilines is 2. The van der Waals surface area contributed by atoms with E-state index in [1.165, 1.54) is 24.3 Å². The van der Waals surface area contributed by atoms with Crippen molar-refractivity contribution in [3.63, 3.8) is 0 Å². The SMILES string of the molecule is Cc1ccc2c(c1)OC(C(=O)Nc1ccc(OC(F)(F)F)cc1)CN2S(=O)(=O)c1ccccc1. The first-order valence-corrected chi connectivity index (χ1v) is 11.5. The van der Waals surface area contributed by atoms with E-state index in [9.17, 15) is 26.4 Å². The second-order valence-corrected chi connectivity index (χ2v) is 9.35. The molecular formula is C23H19F3N2O5S. The number of carbonyl (C=O) groups is 1. The highest BCUT2D eigenvalue weighted by molar-refractivity contribution is 7.92. The van der Waals surface area contributed by atoms with Crippen molar-refractivity contribution in [1.29, 1.82) is 0 Å². The number of carbonyl (C=O) groups excluding carboxylic acids is 1. The maximum atomic E-state index is 13.3. The maximum absolute atomic E-state index is 13.3. The Bertz CT molecular complexity index is 1300. The molecular weight excluding hydrogens is 473 g/mol. The third-order valence-corrected chi connectivity index (χ3v) is 6.76. The third kappa shape index (κ3) is 5.09. The fourth-order valence-corrected chi connectivity index (χ4v) is 4.90. The van der Waals surface area contributed by atoms with Gasteiger partial charge in [0.2, 0.25) is 0 Å². The molecule has 3 aromatic carbocycles. The van der Waals surface area contributed by atoms with Crippen molar-refractivity contribution >= 4 is 27.3 Å². The summed E-state index contributed by atoms with van der Waals surface area (Å²) in [5.41, 5.74) is 1.29. The van der Waals surface area contributed by atoms with Gasteiger partial charge in [0.1, 0.15) is 11.5 Å². The molecule has 1 aliphatic heterocycles. The van der Waals surface area contributed by atoms with Gasteiger partial charge in [0.05, 0.1) is 17.1 Å². The van der Waals surface area contributed by atoms with Gasteiger partial charge in [-0.2, -0.15) is 0 Å². The number of sulfonamides is 1. The number of rotatable bonds is 5. The van der Waals surface area contributed by atoms with Gasteiger partial charge in [0.15, 0.2) is 6.10 Å². The van der Waals surface area contributed by atoms with Gasteiger partial charge in [-0.15, -0.1) is 13.2 Å². The summed E-state index contributed by atoms with van der Waals surface area (Å²) >= 11 is 0. The molecule has 1 heterocycles. The minimum absolute atomic E-state index is 0.0582. The third-order valence-electron chi connectivity index (χ3n) is 4.96. The molecule has 1 unspecified atom stereocenters. The van der Waals surface area contributed by atoms with Crippen LogP contribution in [0.2, 0.25) is 0 Å². The maximum Gasteiger partial charge on any atom is 0.573 e. The van der Waals surface area contributed by atoms with E-state index in [1.807, 2.05) is 0 Å². The fourth-order valence-electron chi connectivity index (χ4n) is 3.41. The lowest BCUT2D eigenvalue weighted by atomic mass is 10.1. The Balaban J connectivity index is 1.59. The van der Waals surface area contributed by atoms with Gasteiger partial charge in [0.25, 0.3) is 15.9 Å². The number of fused-ring (bicyclic) bond motifs is 1. The van der Waals surface area contributed by atoms with Gasteiger partial charge in [0, 0.05) is 5.69 Å². The van der Waals surface area contributed by atoms with Crippen LogP contribution in [0.5, 0.6) is 11.5 Å². The van der Waals surface area contributed by atoms with Crippen molar-refractivity contribution in [2.45, 2.75) is 24.3 Å². The lowest BCUT2D eigenvalue weighted by Crippen LogP contribution is -2.48. The van der Waals surface area contributed by atoms with E-state index in [0.29, 0.717) is 5.69 Å². The van der Waals surface area contributed by atoms with Crippen LogP contribution in [-0.4, -0.2) is 33.3 Å². The van der Waals surface area contributed by atoms with E-state index in [2.05, 4.69) is 10.1 Å². The predicted molar refractivity (Wildman–Crippen MR) is 118 cm³/mol. The largest absolute Gasteiger partial charge is 0.573 e. The van der Waals surface area contributed by atoms with E-state index < -0.39 is 34.1 Å². The number of nitrogens with one attached hydrogen (secondary N) is 1. The van der Waals surface area contributed by atoms with Gasteiger partial charge in [-0.25, -0.2) is 8.42 Å². The van der Waals surface area contributed by atoms with Crippen LogP contribution in [0.4, 0.5) is 24.5 Å². The lowest BCUT2D eigenvalue weighted by Gasteiger charge is -2.35. The van der Waals surface area contributed by atoms with Gasteiger partial charge in [-0.1, -0.05) is 24.3 Å². The van der Waals surface area contributed by atoms with Crippen molar-refractivity contribution in [2.75, 3.05) is 16.2 Å². The summed E-state index contributed by atoms with van der Waals surface area (Å²) in [5.74, 6) is -0.881. The number of nitrogens with zero attached hydrogens (tertiary/aromatic N) is 1. The lowest BCUT2D eigenvalue weighted by molar-refractivity contribution is -0.274. The van der Waals surface area contributed by atoms with Crippen LogP contribution in [0.25, 0.3) is 0 Å². The second kappa shape index (κ2) is 8.90. The highest BCUT2D eigenvalue weighted by Crippen LogP contribution is 2.38. The van der Waals surface area contributed by atoms with Crippen LogP contribution in [0.1, 0.15) is 5.56 Å². The van der Waals surface area contributed by atoms with E-state index in [-0.39, 0.29) is 22.9 Å². The average molecular weight is 492 g/mol. The molecule has 0 saturated carbocycles. The van der Waals surface area contributed by atoms with Crippen molar-refractivity contribution in [2.24, 2.45) is 0 Å². The molecule has 0 spiro atoms. The van der Waals surface area contributed by atoms with Gasteiger partial charge >= 0.3 is 6.36 Å². The van der Waals surface area contributed by atoms with E-state index in [1.54, 1.807) is 43.3 Å². The zero-order valence-corrected chi connectivity index (χ0v) is 18.6. The molecule has 4 rings (SSSR count). The van der Waals surface area contributed by atoms with Gasteiger partial charge in [-0.3, -0.25) is 9.10 Å². The molecule has 34 heavy (non-hydrogen) atoms. The molecule has 1 N–H and O–H groups in total. The van der Waals surface area contributed by atoms with Crippen molar-refractivity contribution in [1.82, 2.24) is 0 Å². The Morgan fingerprint density at radius 3 is 2.38 bits per heavy atom. The summed E-state index contributed by atoms with van der Waals surface area (Å²) in [6, 6.07) is 17.3. The first-order valence-electron chi connectivity index (χ1n) is 10.0. The summed E-state index contributed by atoms with van der Waals surface area (Å²) in [5, 5.41) is 2.54. The van der Waals surface area contributed by atoms with Crippen LogP contribution in [-0.2, 0) is 14.8 Å². The number of alkyl halides is 3. The number of amides is 1. The Morgan fingerprint density at radius 2 is 1.74 bits per heavy atom. The van der Waals surface area contributed by atoms with Gasteiger partial charge in [-0.05, 0) is 61.0 Å². The molecule has 178 valence electrons. The fraction of sp³-hybridized carbons (Fsp3) is 0.174. The summed E-state index contributed by atoms with van der Waals surface area (Å²) in [6.07, 6.45) is -6.04. The number of ether oxygens (including phenoxy) is 2. The normalized spacial score (nSPS) is 15.8. The zero-order chi connectivity index (χ0) is 24.5. The summed E-state index contributed by atoms with van der Waals surface area (Å²) in [7, 11) is -4.00. The zero-order valence-electron chi connectivity index (χ0n) is 17.7. The number of halogens is 3. The molecule has 11 heteroatoms. The molecule has 0 bridgehead atoms. The highest BCUT2D eigenvalue weighted by atomic mass is 32.2. The summed E-state index contributed by atoms with van der Waals surface area (Å²) in [6.45, 7) is 1.50. The highest BCUT2D eigenvalue weighted by Gasteiger charge is 2.37. The van der Waals surface area contributed by atoms with Crippen LogP contribution in [0.15, 0.2) is 77.7 Å². The van der Waals surface area contributed by atoms with Crippen LogP contribution in [0.3, 0.4) is 0 Å². The summed E-state index contributed by atoms with van der Waals surface area (Å²) < 4.78 is 74.4. The monoisotopic (exact) mass is 492 g/mol. The predicted octanol–water partition coefficient (Wildman–Crippen LogP) is 4.49. The molecule has 3 aromatic rings. The quantitative estimate of drug-likeness (QED) is 0.568. The van der Waals surface area contributed by atoms with Crippen LogP contribution >= 0.6 is 0 Å². The van der Waals surface area contributed by atoms with Crippen LogP contribution in [0, 0.1) is 6.92 Å². The first-order chi connectivity index (χ1) is 16.0. The first kappa shape index (κ1) is 23.4. The van der Waals surface area contributed by atoms with Crippen LogP contribution < -0.4 is 19.1 Å². The van der Waals surface area contributed by atoms with E-state index in [4.69, 9.17) is 4.74 Å². The number of hydrogen-bond donors (Lipinski definition) is 1. The minimum Gasteiger partial charge on any atom is -0.476 e. The summed E-state index contributed by atoms with van der Waals surface area (Å²) in [4.78, 5) is 13.0. The molecule has 0 aromatic heterocycles. The number of benzene rings is 3. The van der Waals surface area contributed by atoms with Gasteiger partial charge < -0.3 is 14.8 Å². The van der Waals surface area contributed by atoms with Crippen molar-refractivity contribution in [3.8, 4) is 11.5 Å². The number of aryl methyl sites for hydroxylation is 1. The Labute approximate surface area is 193 Å². The topological polar surface area (TPSA) is 84.9 Å². The Hall–Kier alpha value is -3.73. The molecule has 1 aliphatic rings. The molecule has 0 saturated heterocycles. The minimum atomic E-state index is -4.83. The van der Waals surface area contributed by atoms with E-state index in [0.717, 1.165) is 22.0 Å². The Morgan fingerprint density at radius 1 is 1.06 bits per heavy atom. The molecule has 0 fully saturated rings. The molecule has 1 amide bonds. The second-order valence-electron chi connectivity index (χ2n) is 7.49. The smallest absolute Gasteiger partial charge is 0.476 e. The molecule has 1 atom stereocenters. The standard InChI is InChI=1S/C23H19F3N2O5S/c1-15-7-12-19-20(13-15)32-21(14-28(19)34(30,31)18-5-3-2-4-6-18)22(29)27-16-8-10-17(11-9-16)33-23(24,25)26/h2-13,21H,14H2,1H3,(H,27,29).